The van der Waals surface area contributed by atoms with Gasteiger partial charge in [-0.05, 0) is 47.4 Å². The molecular formula is C29H34N2O7P+. The smallest absolute Gasteiger partial charge is 0.494 e. The first kappa shape index (κ1) is 28.3. The Kier molecular flexibility index (Phi) is 9.36. The molecule has 4 rings (SSSR count). The van der Waals surface area contributed by atoms with Gasteiger partial charge in [0.15, 0.2) is 5.76 Å². The fraction of sp³-hybridized carbons (Fsp3) is 0.414. The molecule has 206 valence electrons. The second-order valence-corrected chi connectivity index (χ2v) is 10.9. The lowest BCUT2D eigenvalue weighted by molar-refractivity contribution is 0.0720. The van der Waals surface area contributed by atoms with Gasteiger partial charge in [0.2, 0.25) is 0 Å². The Morgan fingerprint density at radius 3 is 2.33 bits per heavy atom. The number of carbonyl (C=O) groups is 2. The largest absolute Gasteiger partial charge is 0.588 e. The number of benzene rings is 2. The number of amides is 1. The minimum absolute atomic E-state index is 0.224. The Bertz CT molecular complexity index is 1280. The molecule has 2 heterocycles. The molecule has 1 aliphatic rings. The van der Waals surface area contributed by atoms with E-state index in [0.29, 0.717) is 37.4 Å². The maximum atomic E-state index is 13.2. The number of hydrogen-bond acceptors (Lipinski definition) is 8. The molecule has 0 bridgehead atoms. The van der Waals surface area contributed by atoms with Gasteiger partial charge in [-0.15, -0.1) is 0 Å². The van der Waals surface area contributed by atoms with E-state index in [0.717, 1.165) is 36.1 Å². The van der Waals surface area contributed by atoms with Crippen molar-refractivity contribution in [2.24, 2.45) is 0 Å². The van der Waals surface area contributed by atoms with Gasteiger partial charge in [-0.1, -0.05) is 50.9 Å². The number of ether oxygens (including phenoxy) is 2. The number of rotatable bonds is 13. The number of cyclic esters (lactones) is 1. The van der Waals surface area contributed by atoms with E-state index in [1.54, 1.807) is 24.3 Å². The van der Waals surface area contributed by atoms with Gasteiger partial charge in [-0.2, -0.15) is 0 Å². The van der Waals surface area contributed by atoms with Gasteiger partial charge in [0, 0.05) is 30.0 Å². The molecule has 1 atom stereocenters. The Morgan fingerprint density at radius 1 is 1.03 bits per heavy atom. The van der Waals surface area contributed by atoms with Crippen LogP contribution in [0.2, 0.25) is 0 Å². The maximum Gasteiger partial charge on any atom is 0.588 e. The highest BCUT2D eigenvalue weighted by molar-refractivity contribution is 7.41. The van der Waals surface area contributed by atoms with Crippen molar-refractivity contribution in [1.82, 2.24) is 10.1 Å². The molecule has 1 fully saturated rings. The van der Waals surface area contributed by atoms with Crippen molar-refractivity contribution in [2.75, 3.05) is 19.8 Å². The minimum atomic E-state index is -2.52. The zero-order chi connectivity index (χ0) is 27.8. The van der Waals surface area contributed by atoms with E-state index in [1.807, 2.05) is 44.2 Å². The summed E-state index contributed by atoms with van der Waals surface area (Å²) in [6.45, 7) is 7.02. The molecule has 0 N–H and O–H groups in total. The Hall–Kier alpha value is -3.71. The van der Waals surface area contributed by atoms with Crippen LogP contribution in [0, 0.1) is 0 Å². The highest BCUT2D eigenvalue weighted by Gasteiger charge is 2.59. The summed E-state index contributed by atoms with van der Waals surface area (Å²) in [6.07, 6.45) is 3.52. The van der Waals surface area contributed by atoms with Crippen LogP contribution in [0.4, 0.5) is 4.79 Å². The fourth-order valence-electron chi connectivity index (χ4n) is 4.55. The van der Waals surface area contributed by atoms with E-state index in [4.69, 9.17) is 18.5 Å². The lowest BCUT2D eigenvalue weighted by Crippen LogP contribution is -2.46. The van der Waals surface area contributed by atoms with E-state index in [9.17, 15) is 14.2 Å². The first-order valence-electron chi connectivity index (χ1n) is 13.4. The van der Waals surface area contributed by atoms with Crippen LogP contribution in [0.25, 0.3) is 22.6 Å². The topological polar surface area (TPSA) is 108 Å². The van der Waals surface area contributed by atoms with Crippen LogP contribution in [-0.4, -0.2) is 47.2 Å². The van der Waals surface area contributed by atoms with Crippen molar-refractivity contribution >= 4 is 20.1 Å². The van der Waals surface area contributed by atoms with Crippen molar-refractivity contribution in [1.29, 1.82) is 0 Å². The zero-order valence-corrected chi connectivity index (χ0v) is 23.4. The molecule has 3 aromatic rings. The average molecular weight is 554 g/mol. The van der Waals surface area contributed by atoms with Gasteiger partial charge < -0.3 is 14.0 Å². The first-order chi connectivity index (χ1) is 18.9. The highest BCUT2D eigenvalue weighted by atomic mass is 31.1. The lowest BCUT2D eigenvalue weighted by atomic mass is 10.1. The third-order valence-electron chi connectivity index (χ3n) is 6.98. The van der Waals surface area contributed by atoms with Crippen LogP contribution in [0.15, 0.2) is 59.1 Å². The van der Waals surface area contributed by atoms with Crippen molar-refractivity contribution < 1.29 is 32.7 Å². The molecule has 9 nitrogen and oxygen atoms in total. The van der Waals surface area contributed by atoms with Crippen LogP contribution in [0.3, 0.4) is 0 Å². The zero-order valence-electron chi connectivity index (χ0n) is 22.6. The molecule has 1 aromatic heterocycles. The van der Waals surface area contributed by atoms with Crippen molar-refractivity contribution in [3.8, 4) is 28.3 Å². The van der Waals surface area contributed by atoms with Gasteiger partial charge in [-0.3, -0.25) is 4.90 Å². The second-order valence-electron chi connectivity index (χ2n) is 9.33. The van der Waals surface area contributed by atoms with Crippen molar-refractivity contribution in [3.05, 3.63) is 60.2 Å². The van der Waals surface area contributed by atoms with Crippen LogP contribution >= 0.6 is 8.03 Å². The summed E-state index contributed by atoms with van der Waals surface area (Å²) >= 11 is 0. The van der Waals surface area contributed by atoms with Gasteiger partial charge in [0.1, 0.15) is 18.1 Å². The molecule has 1 unspecified atom stereocenters. The predicted molar refractivity (Wildman–Crippen MR) is 147 cm³/mol. The highest BCUT2D eigenvalue weighted by Crippen LogP contribution is 2.49. The fourth-order valence-corrected chi connectivity index (χ4v) is 5.88. The molecule has 0 spiro atoms. The monoisotopic (exact) mass is 553 g/mol. The average Bonchev–Trinajstić information content (AvgIpc) is 3.63. The second kappa shape index (κ2) is 12.9. The molecular weight excluding hydrogens is 519 g/mol. The predicted octanol–water partition coefficient (Wildman–Crippen LogP) is 7.45. The summed E-state index contributed by atoms with van der Waals surface area (Å²) in [5.41, 5.74) is 2.47. The Balaban J connectivity index is 1.40. The van der Waals surface area contributed by atoms with Gasteiger partial charge in [0.05, 0.1) is 18.7 Å². The van der Waals surface area contributed by atoms with Gasteiger partial charge >= 0.3 is 20.1 Å². The molecule has 2 aromatic carbocycles. The molecule has 1 amide bonds. The van der Waals surface area contributed by atoms with E-state index in [2.05, 4.69) is 12.1 Å². The molecule has 0 aliphatic carbocycles. The van der Waals surface area contributed by atoms with E-state index < -0.39 is 25.4 Å². The minimum Gasteiger partial charge on any atom is -0.494 e. The van der Waals surface area contributed by atoms with Crippen LogP contribution in [0.5, 0.6) is 5.75 Å². The molecule has 0 saturated carbocycles. The third-order valence-corrected chi connectivity index (χ3v) is 8.87. The standard InChI is InChI=1S/C29H34N2O7P/c1-4-7-8-18-35-24-15-13-22(14-16-24)26-20-25(30-37-26)21-9-11-23(12-10-21)27(32)38-39(34)29(5-2,6-3)31-17-19-36-28(31)33/h9-16,20H,4-8,17-19H2,1-3H3/q+1. The molecule has 1 aliphatic heterocycles. The summed E-state index contributed by atoms with van der Waals surface area (Å²) in [6, 6.07) is 16.1. The maximum absolute atomic E-state index is 13.2. The Labute approximate surface area is 229 Å². The number of aromatic nitrogens is 1. The summed E-state index contributed by atoms with van der Waals surface area (Å²) in [4.78, 5) is 26.4. The van der Waals surface area contributed by atoms with Crippen LogP contribution in [0.1, 0.15) is 63.2 Å². The first-order valence-corrected chi connectivity index (χ1v) is 14.5. The van der Waals surface area contributed by atoms with E-state index in [1.165, 1.54) is 4.90 Å². The number of nitrogens with zero attached hydrogens (tertiary/aromatic N) is 2. The molecule has 0 radical (unpaired) electrons. The molecule has 10 heteroatoms. The van der Waals surface area contributed by atoms with E-state index >= 15 is 0 Å². The quantitative estimate of drug-likeness (QED) is 0.159. The molecule has 39 heavy (non-hydrogen) atoms. The number of unbranched alkanes of at least 4 members (excludes halogenated alkanes) is 2. The van der Waals surface area contributed by atoms with Crippen LogP contribution < -0.4 is 4.74 Å². The van der Waals surface area contributed by atoms with Gasteiger partial charge in [-0.25, -0.2) is 14.1 Å². The summed E-state index contributed by atoms with van der Waals surface area (Å²) in [5.74, 6) is 0.701. The number of carbonyl (C=O) groups excluding carboxylic acids is 2. The summed E-state index contributed by atoms with van der Waals surface area (Å²) < 4.78 is 34.9. The van der Waals surface area contributed by atoms with Gasteiger partial charge in [0.25, 0.3) is 5.28 Å². The summed E-state index contributed by atoms with van der Waals surface area (Å²) in [7, 11) is -2.52. The summed E-state index contributed by atoms with van der Waals surface area (Å²) in [5, 5.41) is 3.06. The van der Waals surface area contributed by atoms with Crippen LogP contribution in [-0.2, 0) is 13.8 Å². The SMILES string of the molecule is CCCCCOc1ccc(-c2cc(-c3ccc(C(=O)O[P+](=O)C(CC)(CC)N4CCOC4=O)cc3)no2)cc1. The van der Waals surface area contributed by atoms with E-state index in [-0.39, 0.29) is 12.2 Å². The Morgan fingerprint density at radius 2 is 1.72 bits per heavy atom. The number of hydrogen-bond donors (Lipinski definition) is 0. The molecule has 1 saturated heterocycles. The van der Waals surface area contributed by atoms with Crippen molar-refractivity contribution in [2.45, 2.75) is 58.2 Å². The lowest BCUT2D eigenvalue weighted by Gasteiger charge is -2.27. The normalized spacial score (nSPS) is 13.8. The van der Waals surface area contributed by atoms with Crippen molar-refractivity contribution in [3.63, 3.8) is 0 Å². The third kappa shape index (κ3) is 6.31.